The van der Waals surface area contributed by atoms with Crippen LogP contribution in [-0.2, 0) is 21.0 Å². The molecular weight excluding hydrogens is 332 g/mol. The lowest BCUT2D eigenvalue weighted by Crippen LogP contribution is -2.32. The molecule has 6 nitrogen and oxygen atoms in total. The minimum Gasteiger partial charge on any atom is -0.342 e. The van der Waals surface area contributed by atoms with Gasteiger partial charge in [-0.25, -0.2) is 4.79 Å². The van der Waals surface area contributed by atoms with Crippen LogP contribution in [0.4, 0.5) is 0 Å². The summed E-state index contributed by atoms with van der Waals surface area (Å²) in [6, 6.07) is 17.3. The highest BCUT2D eigenvalue weighted by Crippen LogP contribution is 2.24. The van der Waals surface area contributed by atoms with E-state index in [-0.39, 0.29) is 12.8 Å². The number of hydrogen-bond acceptors (Lipinski definition) is 4. The highest BCUT2D eigenvalue weighted by atomic mass is 16.7. The van der Waals surface area contributed by atoms with E-state index < -0.39 is 17.8 Å². The van der Waals surface area contributed by atoms with E-state index in [0.717, 1.165) is 11.1 Å². The zero-order chi connectivity index (χ0) is 18.1. The van der Waals surface area contributed by atoms with Crippen molar-refractivity contribution >= 4 is 28.7 Å². The van der Waals surface area contributed by atoms with E-state index in [4.69, 9.17) is 4.84 Å². The molecule has 0 aliphatic carbocycles. The maximum atomic E-state index is 12.6. The van der Waals surface area contributed by atoms with E-state index in [9.17, 15) is 14.4 Å². The predicted octanol–water partition coefficient (Wildman–Crippen LogP) is 2.91. The lowest BCUT2D eigenvalue weighted by Gasteiger charge is -2.11. The van der Waals surface area contributed by atoms with Crippen molar-refractivity contribution in [1.29, 1.82) is 0 Å². The fourth-order valence-electron chi connectivity index (χ4n) is 3.11. The molecule has 6 heteroatoms. The number of fused-ring (bicyclic) bond motifs is 1. The highest BCUT2D eigenvalue weighted by Gasteiger charge is 2.33. The van der Waals surface area contributed by atoms with E-state index in [1.54, 1.807) is 6.20 Å². The first kappa shape index (κ1) is 16.1. The fraction of sp³-hybridized carbons (Fsp3) is 0.150. The molecule has 0 unspecified atom stereocenters. The van der Waals surface area contributed by atoms with Crippen LogP contribution in [0.1, 0.15) is 28.8 Å². The molecule has 0 atom stereocenters. The molecule has 1 aliphatic heterocycles. The van der Waals surface area contributed by atoms with Crippen LogP contribution in [-0.4, -0.2) is 27.4 Å². The molecule has 2 heterocycles. The van der Waals surface area contributed by atoms with Gasteiger partial charge in [0, 0.05) is 36.5 Å². The molecule has 2 amide bonds. The number of carbonyl (C=O) groups is 3. The second kappa shape index (κ2) is 6.48. The fourth-order valence-corrected chi connectivity index (χ4v) is 3.11. The van der Waals surface area contributed by atoms with Crippen molar-refractivity contribution in [3.8, 4) is 0 Å². The van der Waals surface area contributed by atoms with Gasteiger partial charge in [-0.05, 0) is 11.6 Å². The van der Waals surface area contributed by atoms with Crippen LogP contribution in [0.2, 0.25) is 0 Å². The molecule has 4 rings (SSSR count). The third-order valence-electron chi connectivity index (χ3n) is 4.38. The van der Waals surface area contributed by atoms with Crippen molar-refractivity contribution in [2.24, 2.45) is 0 Å². The second-order valence-electron chi connectivity index (χ2n) is 6.13. The van der Waals surface area contributed by atoms with Gasteiger partial charge in [0.1, 0.15) is 0 Å². The molecule has 1 aromatic heterocycles. The predicted molar refractivity (Wildman–Crippen MR) is 94.0 cm³/mol. The Hall–Kier alpha value is -3.41. The van der Waals surface area contributed by atoms with Gasteiger partial charge >= 0.3 is 5.97 Å². The van der Waals surface area contributed by atoms with Crippen LogP contribution in [0.5, 0.6) is 0 Å². The molecule has 0 spiro atoms. The molecule has 1 aliphatic rings. The average molecular weight is 348 g/mol. The van der Waals surface area contributed by atoms with Gasteiger partial charge in [-0.15, -0.1) is 5.06 Å². The zero-order valence-corrected chi connectivity index (χ0v) is 13.9. The lowest BCUT2D eigenvalue weighted by atomic mass is 10.2. The molecule has 1 saturated heterocycles. The van der Waals surface area contributed by atoms with Gasteiger partial charge in [0.2, 0.25) is 0 Å². The van der Waals surface area contributed by atoms with Gasteiger partial charge in [0.05, 0.1) is 5.56 Å². The first-order valence-corrected chi connectivity index (χ1v) is 8.33. The number of para-hydroxylation sites is 1. The number of imide groups is 1. The van der Waals surface area contributed by atoms with Crippen molar-refractivity contribution in [2.45, 2.75) is 19.4 Å². The molecule has 0 N–H and O–H groups in total. The summed E-state index contributed by atoms with van der Waals surface area (Å²) in [5.74, 6) is -1.69. The Morgan fingerprint density at radius 2 is 1.58 bits per heavy atom. The number of aromatic nitrogens is 1. The van der Waals surface area contributed by atoms with Gasteiger partial charge in [-0.1, -0.05) is 48.5 Å². The van der Waals surface area contributed by atoms with Crippen molar-refractivity contribution < 1.29 is 19.2 Å². The normalized spacial score (nSPS) is 14.2. The summed E-state index contributed by atoms with van der Waals surface area (Å²) in [6.45, 7) is 0.593. The van der Waals surface area contributed by atoms with Crippen LogP contribution in [0.25, 0.3) is 10.9 Å². The summed E-state index contributed by atoms with van der Waals surface area (Å²) in [5.41, 5.74) is 2.30. The SMILES string of the molecule is O=C(ON1C(=O)CCC1=O)c1cn(Cc2ccccc2)c2ccccc12. The standard InChI is InChI=1S/C20H16N2O4/c23-18-10-11-19(24)22(18)26-20(25)16-13-21(12-14-6-2-1-3-7-14)17-9-5-4-8-15(16)17/h1-9,13H,10-12H2. The Labute approximate surface area is 149 Å². The quantitative estimate of drug-likeness (QED) is 0.680. The van der Waals surface area contributed by atoms with Crippen LogP contribution in [0, 0.1) is 0 Å². The van der Waals surface area contributed by atoms with Crippen LogP contribution in [0.15, 0.2) is 60.8 Å². The molecule has 2 aromatic carbocycles. The summed E-state index contributed by atoms with van der Waals surface area (Å²) in [7, 11) is 0. The van der Waals surface area contributed by atoms with Gasteiger partial charge < -0.3 is 9.40 Å². The number of hydroxylamine groups is 2. The molecule has 3 aromatic rings. The van der Waals surface area contributed by atoms with E-state index in [2.05, 4.69) is 0 Å². The largest absolute Gasteiger partial charge is 0.366 e. The smallest absolute Gasteiger partial charge is 0.342 e. The van der Waals surface area contributed by atoms with Crippen LogP contribution >= 0.6 is 0 Å². The number of hydrogen-bond donors (Lipinski definition) is 0. The van der Waals surface area contributed by atoms with Crippen molar-refractivity contribution in [2.75, 3.05) is 0 Å². The molecular formula is C20H16N2O4. The van der Waals surface area contributed by atoms with Crippen molar-refractivity contribution in [1.82, 2.24) is 9.63 Å². The first-order chi connectivity index (χ1) is 12.6. The maximum Gasteiger partial charge on any atom is 0.366 e. The van der Waals surface area contributed by atoms with E-state index in [0.29, 0.717) is 22.6 Å². The summed E-state index contributed by atoms with van der Waals surface area (Å²) < 4.78 is 1.95. The summed E-state index contributed by atoms with van der Waals surface area (Å²) in [5, 5.41) is 1.29. The third-order valence-corrected chi connectivity index (χ3v) is 4.38. The summed E-state index contributed by atoms with van der Waals surface area (Å²) in [6.07, 6.45) is 1.84. The molecule has 0 saturated carbocycles. The van der Waals surface area contributed by atoms with Gasteiger partial charge in [-0.3, -0.25) is 9.59 Å². The summed E-state index contributed by atoms with van der Waals surface area (Å²) >= 11 is 0. The molecule has 0 bridgehead atoms. The Bertz CT molecular complexity index is 991. The topological polar surface area (TPSA) is 68.6 Å². The monoisotopic (exact) mass is 348 g/mol. The number of benzene rings is 2. The molecule has 26 heavy (non-hydrogen) atoms. The maximum absolute atomic E-state index is 12.6. The van der Waals surface area contributed by atoms with Crippen molar-refractivity contribution in [3.63, 3.8) is 0 Å². The number of amides is 2. The average Bonchev–Trinajstić information content (AvgIpc) is 3.18. The first-order valence-electron chi connectivity index (χ1n) is 8.33. The second-order valence-corrected chi connectivity index (χ2v) is 6.13. The van der Waals surface area contributed by atoms with E-state index in [1.807, 2.05) is 59.2 Å². The van der Waals surface area contributed by atoms with Gasteiger partial charge in [0.25, 0.3) is 11.8 Å². The Morgan fingerprint density at radius 3 is 2.31 bits per heavy atom. The highest BCUT2D eigenvalue weighted by molar-refractivity contribution is 6.07. The minimum absolute atomic E-state index is 0.0713. The Morgan fingerprint density at radius 1 is 0.923 bits per heavy atom. The van der Waals surface area contributed by atoms with Crippen LogP contribution in [0.3, 0.4) is 0 Å². The molecule has 0 radical (unpaired) electrons. The van der Waals surface area contributed by atoms with Crippen LogP contribution < -0.4 is 0 Å². The van der Waals surface area contributed by atoms with E-state index >= 15 is 0 Å². The number of nitrogens with zero attached hydrogens (tertiary/aromatic N) is 2. The minimum atomic E-state index is -0.711. The molecule has 130 valence electrons. The van der Waals surface area contributed by atoms with Gasteiger partial charge in [-0.2, -0.15) is 0 Å². The number of rotatable bonds is 4. The zero-order valence-electron chi connectivity index (χ0n) is 13.9. The summed E-state index contributed by atoms with van der Waals surface area (Å²) in [4.78, 5) is 41.0. The Balaban J connectivity index is 1.68. The molecule has 1 fully saturated rings. The van der Waals surface area contributed by atoms with Gasteiger partial charge in [0.15, 0.2) is 0 Å². The van der Waals surface area contributed by atoms with Crippen molar-refractivity contribution in [3.05, 3.63) is 71.9 Å². The Kier molecular flexibility index (Phi) is 4.01. The number of carbonyl (C=O) groups excluding carboxylic acids is 3. The lowest BCUT2D eigenvalue weighted by molar-refractivity contribution is -0.172. The van der Waals surface area contributed by atoms with E-state index in [1.165, 1.54) is 0 Å². The third kappa shape index (κ3) is 2.86.